The Morgan fingerprint density at radius 2 is 1.83 bits per heavy atom. The minimum absolute atomic E-state index is 0.111. The predicted molar refractivity (Wildman–Crippen MR) is 112 cm³/mol. The third-order valence-corrected chi connectivity index (χ3v) is 5.90. The van der Waals surface area contributed by atoms with E-state index in [4.69, 9.17) is 0 Å². The summed E-state index contributed by atoms with van der Waals surface area (Å²) in [6, 6.07) is 13.7. The van der Waals surface area contributed by atoms with E-state index in [9.17, 15) is 14.7 Å². The van der Waals surface area contributed by atoms with Gasteiger partial charge in [-0.1, -0.05) is 30.3 Å². The zero-order valence-electron chi connectivity index (χ0n) is 16.7. The van der Waals surface area contributed by atoms with E-state index in [1.807, 2.05) is 24.3 Å². The van der Waals surface area contributed by atoms with Crippen molar-refractivity contribution in [3.63, 3.8) is 0 Å². The number of hydrogen-bond acceptors (Lipinski definition) is 4. The van der Waals surface area contributed by atoms with Gasteiger partial charge in [0.05, 0.1) is 6.10 Å². The molecule has 5 heteroatoms. The molecule has 5 nitrogen and oxygen atoms in total. The van der Waals surface area contributed by atoms with Crippen LogP contribution in [0.25, 0.3) is 0 Å². The van der Waals surface area contributed by atoms with Crippen LogP contribution in [0.5, 0.6) is 0 Å². The second-order valence-corrected chi connectivity index (χ2v) is 8.18. The molecule has 29 heavy (non-hydrogen) atoms. The molecule has 1 aliphatic carbocycles. The molecule has 152 valence electrons. The Morgan fingerprint density at radius 3 is 2.59 bits per heavy atom. The Labute approximate surface area is 171 Å². The number of rotatable bonds is 5. The minimum Gasteiger partial charge on any atom is -0.392 e. The molecular formula is C24H28N2O3. The highest BCUT2D eigenvalue weighted by atomic mass is 16.3. The van der Waals surface area contributed by atoms with Crippen LogP contribution in [-0.2, 0) is 19.5 Å². The molecule has 0 aromatic heterocycles. The summed E-state index contributed by atoms with van der Waals surface area (Å²) in [6.07, 6.45) is 4.03. The van der Waals surface area contributed by atoms with E-state index in [0.29, 0.717) is 18.5 Å². The molecule has 1 atom stereocenters. The second-order valence-electron chi connectivity index (χ2n) is 8.18. The number of aryl methyl sites for hydroxylation is 1. The van der Waals surface area contributed by atoms with Crippen LogP contribution in [0.4, 0.5) is 0 Å². The van der Waals surface area contributed by atoms with Crippen molar-refractivity contribution < 1.29 is 14.7 Å². The van der Waals surface area contributed by atoms with E-state index < -0.39 is 0 Å². The van der Waals surface area contributed by atoms with Crippen molar-refractivity contribution in [2.24, 2.45) is 0 Å². The number of carbonyl (C=O) groups excluding carboxylic acids is 2. The van der Waals surface area contributed by atoms with Crippen molar-refractivity contribution in [3.8, 4) is 0 Å². The van der Waals surface area contributed by atoms with Crippen molar-refractivity contribution in [3.05, 3.63) is 70.3 Å². The van der Waals surface area contributed by atoms with E-state index in [1.165, 1.54) is 5.56 Å². The predicted octanol–water partition coefficient (Wildman–Crippen LogP) is 3.09. The number of likely N-dealkylation sites (tertiary alicyclic amines) is 1. The summed E-state index contributed by atoms with van der Waals surface area (Å²) in [4.78, 5) is 27.0. The summed E-state index contributed by atoms with van der Waals surface area (Å²) < 4.78 is 0. The van der Waals surface area contributed by atoms with Crippen LogP contribution < -0.4 is 5.32 Å². The molecule has 4 rings (SSSR count). The molecule has 2 aromatic carbocycles. The van der Waals surface area contributed by atoms with E-state index in [1.54, 1.807) is 6.07 Å². The first-order chi connectivity index (χ1) is 14.1. The molecule has 1 saturated heterocycles. The number of ketones is 1. The largest absolute Gasteiger partial charge is 0.392 e. The van der Waals surface area contributed by atoms with Crippen LogP contribution in [0, 0.1) is 0 Å². The second kappa shape index (κ2) is 8.89. The summed E-state index contributed by atoms with van der Waals surface area (Å²) in [7, 11) is 0. The van der Waals surface area contributed by atoms with Gasteiger partial charge >= 0.3 is 0 Å². The molecule has 2 N–H and O–H groups in total. The van der Waals surface area contributed by atoms with Crippen LogP contribution in [0.2, 0.25) is 0 Å². The summed E-state index contributed by atoms with van der Waals surface area (Å²) in [5.41, 5.74) is 4.65. The molecular weight excluding hydrogens is 364 g/mol. The number of aliphatic hydroxyl groups excluding tert-OH is 1. The molecule has 0 radical (unpaired) electrons. The topological polar surface area (TPSA) is 69.6 Å². The van der Waals surface area contributed by atoms with Gasteiger partial charge in [0.2, 0.25) is 0 Å². The van der Waals surface area contributed by atoms with Gasteiger partial charge in [-0.05, 0) is 54.5 Å². The lowest BCUT2D eigenvalue weighted by atomic mass is 9.99. The minimum atomic E-state index is -0.199. The number of Topliss-reactive ketones (excluding diaryl/α,β-unsaturated/α-hetero) is 1. The number of hydrogen-bond donors (Lipinski definition) is 2. The normalized spacial score (nSPS) is 19.6. The molecule has 0 saturated carbocycles. The van der Waals surface area contributed by atoms with E-state index in [2.05, 4.69) is 22.3 Å². The van der Waals surface area contributed by atoms with Gasteiger partial charge in [0, 0.05) is 43.7 Å². The number of nitrogens with zero attached hydrogens (tertiary/aromatic N) is 1. The first kappa shape index (κ1) is 19.8. The number of aliphatic hydroxyl groups is 1. The lowest BCUT2D eigenvalue weighted by Gasteiger charge is -2.15. The first-order valence-corrected chi connectivity index (χ1v) is 10.5. The van der Waals surface area contributed by atoms with Gasteiger partial charge in [0.25, 0.3) is 5.91 Å². The third-order valence-electron chi connectivity index (χ3n) is 5.90. The Morgan fingerprint density at radius 1 is 1.07 bits per heavy atom. The van der Waals surface area contributed by atoms with E-state index >= 15 is 0 Å². The molecule has 2 aliphatic rings. The van der Waals surface area contributed by atoms with Gasteiger partial charge in [0.1, 0.15) is 0 Å². The van der Waals surface area contributed by atoms with Crippen LogP contribution in [-0.4, -0.2) is 40.9 Å². The number of β-amino-alcohol motifs (C(OH)–C–C–N with tert-alkyl or cyclic N) is 1. The summed E-state index contributed by atoms with van der Waals surface area (Å²) in [5.74, 6) is 0.0765. The van der Waals surface area contributed by atoms with Crippen molar-refractivity contribution in [2.45, 2.75) is 51.3 Å². The van der Waals surface area contributed by atoms with Gasteiger partial charge < -0.3 is 10.4 Å². The SMILES string of the molecule is O=C(NCc1ccc(CN2CCC(O)C2)cc1)c1ccc2c(c1)CCCCC2=O. The number of fused-ring (bicyclic) bond motifs is 1. The zero-order valence-corrected chi connectivity index (χ0v) is 16.7. The molecule has 0 bridgehead atoms. The molecule has 1 fully saturated rings. The molecule has 1 unspecified atom stereocenters. The van der Waals surface area contributed by atoms with Crippen LogP contribution >= 0.6 is 0 Å². The maximum absolute atomic E-state index is 12.6. The van der Waals surface area contributed by atoms with Crippen LogP contribution in [0.3, 0.4) is 0 Å². The van der Waals surface area contributed by atoms with E-state index in [0.717, 1.165) is 62.0 Å². The molecule has 1 amide bonds. The molecule has 0 spiro atoms. The number of carbonyl (C=O) groups is 2. The Bertz CT molecular complexity index is 891. The molecule has 1 aliphatic heterocycles. The maximum atomic E-state index is 12.6. The van der Waals surface area contributed by atoms with Crippen LogP contribution in [0.1, 0.15) is 63.1 Å². The lowest BCUT2D eigenvalue weighted by Crippen LogP contribution is -2.23. The smallest absolute Gasteiger partial charge is 0.251 e. The average molecular weight is 392 g/mol. The van der Waals surface area contributed by atoms with E-state index in [-0.39, 0.29) is 17.8 Å². The fourth-order valence-electron chi connectivity index (χ4n) is 4.21. The quantitative estimate of drug-likeness (QED) is 0.768. The standard InChI is InChI=1S/C24H28N2O3/c27-21-11-12-26(16-21)15-18-7-5-17(6-8-18)14-25-24(29)20-9-10-22-19(13-20)3-1-2-4-23(22)28/h5-10,13,21,27H,1-4,11-12,14-16H2,(H,25,29). The van der Waals surface area contributed by atoms with Gasteiger partial charge in [-0.25, -0.2) is 0 Å². The Kier molecular flexibility index (Phi) is 6.07. The first-order valence-electron chi connectivity index (χ1n) is 10.5. The number of nitrogens with one attached hydrogen (secondary N) is 1. The number of benzene rings is 2. The monoisotopic (exact) mass is 392 g/mol. The van der Waals surface area contributed by atoms with Crippen molar-refractivity contribution in [1.29, 1.82) is 0 Å². The fourth-order valence-corrected chi connectivity index (χ4v) is 4.21. The summed E-state index contributed by atoms with van der Waals surface area (Å²) >= 11 is 0. The Balaban J connectivity index is 1.33. The van der Waals surface area contributed by atoms with Gasteiger partial charge in [-0.15, -0.1) is 0 Å². The maximum Gasteiger partial charge on any atom is 0.251 e. The lowest BCUT2D eigenvalue weighted by molar-refractivity contribution is 0.0947. The van der Waals surface area contributed by atoms with Gasteiger partial charge in [-0.3, -0.25) is 14.5 Å². The average Bonchev–Trinajstić information content (AvgIpc) is 3.04. The molecule has 1 heterocycles. The van der Waals surface area contributed by atoms with Crippen molar-refractivity contribution >= 4 is 11.7 Å². The highest BCUT2D eigenvalue weighted by Crippen LogP contribution is 2.22. The van der Waals surface area contributed by atoms with Crippen LogP contribution in [0.15, 0.2) is 42.5 Å². The summed E-state index contributed by atoms with van der Waals surface area (Å²) in [6.45, 7) is 2.99. The fraction of sp³-hybridized carbons (Fsp3) is 0.417. The number of amides is 1. The van der Waals surface area contributed by atoms with Crippen molar-refractivity contribution in [1.82, 2.24) is 10.2 Å². The highest BCUT2D eigenvalue weighted by Gasteiger charge is 2.20. The van der Waals surface area contributed by atoms with Crippen molar-refractivity contribution in [2.75, 3.05) is 13.1 Å². The third kappa shape index (κ3) is 4.92. The zero-order chi connectivity index (χ0) is 20.2. The summed E-state index contributed by atoms with van der Waals surface area (Å²) in [5, 5.41) is 12.6. The Hall–Kier alpha value is -2.50. The van der Waals surface area contributed by atoms with Gasteiger partial charge in [0.15, 0.2) is 5.78 Å². The highest BCUT2D eigenvalue weighted by molar-refractivity contribution is 6.00. The van der Waals surface area contributed by atoms with Gasteiger partial charge in [-0.2, -0.15) is 0 Å². The molecule has 2 aromatic rings.